The summed E-state index contributed by atoms with van der Waals surface area (Å²) < 4.78 is 2.58. The van der Waals surface area contributed by atoms with Crippen molar-refractivity contribution >= 4 is 17.4 Å². The molecule has 1 fully saturated rings. The second-order valence-corrected chi connectivity index (χ2v) is 8.54. The van der Waals surface area contributed by atoms with Crippen molar-refractivity contribution in [1.82, 2.24) is 14.5 Å². The third-order valence-corrected chi connectivity index (χ3v) is 6.50. The number of carbonyl (C=O) groups is 1. The number of carbonyl (C=O) groups excluding carboxylic acids is 1. The van der Waals surface area contributed by atoms with E-state index < -0.39 is 0 Å². The first-order valence-corrected chi connectivity index (χ1v) is 11.1. The lowest BCUT2D eigenvalue weighted by Crippen LogP contribution is -2.47. The number of nitrogens with zero attached hydrogens (tertiary/aromatic N) is 4. The van der Waals surface area contributed by atoms with E-state index in [4.69, 9.17) is 0 Å². The van der Waals surface area contributed by atoms with E-state index >= 15 is 0 Å². The fourth-order valence-electron chi connectivity index (χ4n) is 4.73. The number of aromatic nitrogens is 2. The average Bonchev–Trinajstić information content (AvgIpc) is 2.80. The van der Waals surface area contributed by atoms with Crippen LogP contribution in [0, 0.1) is 5.92 Å². The Labute approximate surface area is 182 Å². The molecule has 0 spiro atoms. The van der Waals surface area contributed by atoms with Gasteiger partial charge in [0.15, 0.2) is 0 Å². The van der Waals surface area contributed by atoms with Crippen molar-refractivity contribution in [3.8, 4) is 0 Å². The van der Waals surface area contributed by atoms with Crippen LogP contribution < -0.4 is 26.4 Å². The number of hydrogen-bond acceptors (Lipinski definition) is 5. The molecule has 1 unspecified atom stereocenters. The lowest BCUT2D eigenvalue weighted by Gasteiger charge is -2.35. The van der Waals surface area contributed by atoms with E-state index in [9.17, 15) is 14.4 Å². The Hall–Kier alpha value is -3.03. The first kappa shape index (κ1) is 21.2. The SMILES string of the molecule is Cn1c(N2CCCC(C(=O)NCCN3CCCc4ccccc43)C2)cc(=O)n(C)c1=O. The number of benzene rings is 1. The number of amides is 1. The largest absolute Gasteiger partial charge is 0.370 e. The third-order valence-electron chi connectivity index (χ3n) is 6.50. The number of rotatable bonds is 5. The summed E-state index contributed by atoms with van der Waals surface area (Å²) in [4.78, 5) is 41.5. The summed E-state index contributed by atoms with van der Waals surface area (Å²) in [6, 6.07) is 9.97. The summed E-state index contributed by atoms with van der Waals surface area (Å²) in [6.07, 6.45) is 3.91. The molecule has 0 saturated carbocycles. The summed E-state index contributed by atoms with van der Waals surface area (Å²) in [5.41, 5.74) is 1.98. The number of aryl methyl sites for hydroxylation is 1. The molecule has 31 heavy (non-hydrogen) atoms. The number of anilines is 2. The van der Waals surface area contributed by atoms with E-state index in [0.29, 0.717) is 18.9 Å². The molecule has 4 rings (SSSR count). The minimum Gasteiger partial charge on any atom is -0.370 e. The van der Waals surface area contributed by atoms with Crippen molar-refractivity contribution in [1.29, 1.82) is 0 Å². The zero-order valence-electron chi connectivity index (χ0n) is 18.3. The van der Waals surface area contributed by atoms with Gasteiger partial charge in [0.05, 0.1) is 5.92 Å². The lowest BCUT2D eigenvalue weighted by atomic mass is 9.97. The molecular weight excluding hydrogens is 394 g/mol. The summed E-state index contributed by atoms with van der Waals surface area (Å²) in [5, 5.41) is 3.11. The summed E-state index contributed by atoms with van der Waals surface area (Å²) in [5.74, 6) is 0.473. The van der Waals surface area contributed by atoms with Gasteiger partial charge in [-0.3, -0.25) is 18.7 Å². The Bertz CT molecular complexity index is 1070. The van der Waals surface area contributed by atoms with Gasteiger partial charge in [-0.2, -0.15) is 0 Å². The van der Waals surface area contributed by atoms with Crippen LogP contribution in [0.25, 0.3) is 0 Å². The van der Waals surface area contributed by atoms with Crippen LogP contribution in [0.5, 0.6) is 0 Å². The zero-order chi connectivity index (χ0) is 22.0. The number of para-hydroxylation sites is 1. The molecule has 2 aromatic rings. The van der Waals surface area contributed by atoms with Gasteiger partial charge in [-0.15, -0.1) is 0 Å². The molecule has 2 aliphatic heterocycles. The highest BCUT2D eigenvalue weighted by molar-refractivity contribution is 5.79. The van der Waals surface area contributed by atoms with Gasteiger partial charge in [-0.1, -0.05) is 18.2 Å². The quantitative estimate of drug-likeness (QED) is 0.769. The smallest absolute Gasteiger partial charge is 0.332 e. The minimum atomic E-state index is -0.351. The molecule has 2 aliphatic rings. The van der Waals surface area contributed by atoms with E-state index in [1.54, 1.807) is 7.05 Å². The maximum absolute atomic E-state index is 12.8. The second kappa shape index (κ2) is 8.99. The normalized spacial score (nSPS) is 18.6. The van der Waals surface area contributed by atoms with Gasteiger partial charge in [0.1, 0.15) is 5.82 Å². The number of fused-ring (bicyclic) bond motifs is 1. The van der Waals surface area contributed by atoms with Crippen molar-refractivity contribution in [2.45, 2.75) is 25.7 Å². The molecule has 1 amide bonds. The average molecular weight is 426 g/mol. The Balaban J connectivity index is 1.36. The Morgan fingerprint density at radius 2 is 1.90 bits per heavy atom. The highest BCUT2D eigenvalue weighted by atomic mass is 16.2. The van der Waals surface area contributed by atoms with Crippen molar-refractivity contribution in [3.05, 3.63) is 56.7 Å². The predicted molar refractivity (Wildman–Crippen MR) is 122 cm³/mol. The maximum atomic E-state index is 12.8. The van der Waals surface area contributed by atoms with Crippen LogP contribution in [0.4, 0.5) is 11.5 Å². The van der Waals surface area contributed by atoms with Crippen LogP contribution in [0.3, 0.4) is 0 Å². The molecule has 1 saturated heterocycles. The molecule has 8 heteroatoms. The van der Waals surface area contributed by atoms with Crippen LogP contribution in [0.15, 0.2) is 39.9 Å². The Morgan fingerprint density at radius 1 is 1.10 bits per heavy atom. The standard InChI is InChI=1S/C23H31N5O3/c1-25-20(15-21(29)26(2)23(25)31)28-13-6-9-18(16-28)22(30)24-11-14-27-12-5-8-17-7-3-4-10-19(17)27/h3-4,7,10,15,18H,5-6,8-9,11-14,16H2,1-2H3,(H,24,30). The number of hydrogen-bond donors (Lipinski definition) is 1. The lowest BCUT2D eigenvalue weighted by molar-refractivity contribution is -0.125. The molecule has 1 N–H and O–H groups in total. The highest BCUT2D eigenvalue weighted by Gasteiger charge is 2.27. The Morgan fingerprint density at radius 3 is 2.74 bits per heavy atom. The van der Waals surface area contributed by atoms with Crippen molar-refractivity contribution in [3.63, 3.8) is 0 Å². The van der Waals surface area contributed by atoms with Crippen LogP contribution in [-0.4, -0.2) is 47.8 Å². The monoisotopic (exact) mass is 425 g/mol. The fourth-order valence-corrected chi connectivity index (χ4v) is 4.73. The second-order valence-electron chi connectivity index (χ2n) is 8.54. The third kappa shape index (κ3) is 4.38. The number of nitrogens with one attached hydrogen (secondary N) is 1. The zero-order valence-corrected chi connectivity index (χ0v) is 18.3. The molecule has 1 aromatic carbocycles. The predicted octanol–water partition coefficient (Wildman–Crippen LogP) is 0.869. The van der Waals surface area contributed by atoms with Crippen LogP contribution in [-0.2, 0) is 25.3 Å². The molecular formula is C23H31N5O3. The van der Waals surface area contributed by atoms with E-state index in [1.165, 1.54) is 28.9 Å². The summed E-state index contributed by atoms with van der Waals surface area (Å²) in [6.45, 7) is 3.66. The molecule has 0 aliphatic carbocycles. The van der Waals surface area contributed by atoms with Crippen molar-refractivity contribution < 1.29 is 4.79 Å². The van der Waals surface area contributed by atoms with Crippen molar-refractivity contribution in [2.75, 3.05) is 42.5 Å². The van der Waals surface area contributed by atoms with Gasteiger partial charge >= 0.3 is 5.69 Å². The van der Waals surface area contributed by atoms with Crippen LogP contribution >= 0.6 is 0 Å². The molecule has 166 valence electrons. The van der Waals surface area contributed by atoms with Gasteiger partial charge in [-0.05, 0) is 37.3 Å². The molecule has 8 nitrogen and oxygen atoms in total. The maximum Gasteiger partial charge on any atom is 0.332 e. The number of piperidine rings is 1. The topological polar surface area (TPSA) is 79.6 Å². The molecule has 1 atom stereocenters. The highest BCUT2D eigenvalue weighted by Crippen LogP contribution is 2.26. The van der Waals surface area contributed by atoms with E-state index in [0.717, 1.165) is 49.9 Å². The van der Waals surface area contributed by atoms with Gasteiger partial charge in [0.25, 0.3) is 5.56 Å². The van der Waals surface area contributed by atoms with Gasteiger partial charge in [0, 0.05) is 58.6 Å². The van der Waals surface area contributed by atoms with E-state index in [-0.39, 0.29) is 23.1 Å². The first-order valence-electron chi connectivity index (χ1n) is 11.1. The summed E-state index contributed by atoms with van der Waals surface area (Å²) in [7, 11) is 3.14. The molecule has 3 heterocycles. The summed E-state index contributed by atoms with van der Waals surface area (Å²) >= 11 is 0. The van der Waals surface area contributed by atoms with Crippen LogP contribution in [0.2, 0.25) is 0 Å². The fraction of sp³-hybridized carbons (Fsp3) is 0.522. The van der Waals surface area contributed by atoms with Gasteiger partial charge in [0.2, 0.25) is 5.91 Å². The van der Waals surface area contributed by atoms with Crippen molar-refractivity contribution in [2.24, 2.45) is 20.0 Å². The first-order chi connectivity index (χ1) is 15.0. The van der Waals surface area contributed by atoms with Crippen LogP contribution in [0.1, 0.15) is 24.8 Å². The molecule has 0 bridgehead atoms. The Kier molecular flexibility index (Phi) is 6.15. The van der Waals surface area contributed by atoms with Gasteiger partial charge in [-0.25, -0.2) is 4.79 Å². The molecule has 1 aromatic heterocycles. The molecule has 0 radical (unpaired) electrons. The van der Waals surface area contributed by atoms with E-state index in [2.05, 4.69) is 34.5 Å². The van der Waals surface area contributed by atoms with Gasteiger partial charge < -0.3 is 15.1 Å². The van der Waals surface area contributed by atoms with E-state index in [1.807, 2.05) is 4.90 Å². The minimum absolute atomic E-state index is 0.0452.